The van der Waals surface area contributed by atoms with E-state index in [0.29, 0.717) is 12.0 Å². The van der Waals surface area contributed by atoms with E-state index in [9.17, 15) is 0 Å². The van der Waals surface area contributed by atoms with Gasteiger partial charge in [0.2, 0.25) is 0 Å². The second-order valence-corrected chi connectivity index (χ2v) is 6.06. The number of benzene rings is 1. The van der Waals surface area contributed by atoms with Crippen LogP contribution in [0.5, 0.6) is 0 Å². The van der Waals surface area contributed by atoms with Crippen molar-refractivity contribution in [3.05, 3.63) is 29.8 Å². The van der Waals surface area contributed by atoms with Crippen LogP contribution < -0.4 is 10.2 Å². The van der Waals surface area contributed by atoms with Gasteiger partial charge in [0.25, 0.3) is 0 Å². The molecule has 106 valence electrons. The van der Waals surface area contributed by atoms with Crippen LogP contribution in [0.2, 0.25) is 0 Å². The molecule has 0 spiro atoms. The number of para-hydroxylation sites is 1. The molecule has 0 saturated heterocycles. The second-order valence-electron chi connectivity index (χ2n) is 6.06. The Bertz CT molecular complexity index is 387. The van der Waals surface area contributed by atoms with Crippen LogP contribution >= 0.6 is 0 Å². The topological polar surface area (TPSA) is 15.3 Å². The number of anilines is 1. The first-order valence-electron chi connectivity index (χ1n) is 7.74. The molecular formula is C17H28N2. The first-order chi connectivity index (χ1) is 9.18. The molecule has 1 aromatic carbocycles. The largest absolute Gasteiger partial charge is 0.370 e. The molecule has 0 bridgehead atoms. The lowest BCUT2D eigenvalue weighted by Gasteiger charge is -2.26. The van der Waals surface area contributed by atoms with E-state index in [4.69, 9.17) is 0 Å². The van der Waals surface area contributed by atoms with Crippen molar-refractivity contribution in [3.63, 3.8) is 0 Å². The lowest BCUT2D eigenvalue weighted by atomic mass is 10.1. The molecule has 1 heterocycles. The Morgan fingerprint density at radius 1 is 1.16 bits per heavy atom. The molecule has 2 nitrogen and oxygen atoms in total. The first-order valence-corrected chi connectivity index (χ1v) is 7.74. The van der Waals surface area contributed by atoms with E-state index in [1.165, 1.54) is 37.1 Å². The Kier molecular flexibility index (Phi) is 5.26. The van der Waals surface area contributed by atoms with Gasteiger partial charge < -0.3 is 10.2 Å². The van der Waals surface area contributed by atoms with Crippen molar-refractivity contribution in [2.75, 3.05) is 24.5 Å². The van der Waals surface area contributed by atoms with E-state index in [2.05, 4.69) is 55.3 Å². The molecule has 2 rings (SSSR count). The molecule has 0 fully saturated rings. The SMILES string of the molecule is CC(C)C(C)NCCN1CCCCc2ccccc21. The van der Waals surface area contributed by atoms with Crippen molar-refractivity contribution in [3.8, 4) is 0 Å². The van der Waals surface area contributed by atoms with Crippen molar-refractivity contribution in [2.45, 2.75) is 46.1 Å². The fourth-order valence-corrected chi connectivity index (χ4v) is 2.66. The minimum Gasteiger partial charge on any atom is -0.370 e. The van der Waals surface area contributed by atoms with E-state index >= 15 is 0 Å². The van der Waals surface area contributed by atoms with Crippen LogP contribution in [-0.2, 0) is 6.42 Å². The van der Waals surface area contributed by atoms with Gasteiger partial charge in [0, 0.05) is 31.4 Å². The quantitative estimate of drug-likeness (QED) is 0.872. The summed E-state index contributed by atoms with van der Waals surface area (Å²) >= 11 is 0. The molecule has 1 aliphatic rings. The molecule has 1 aromatic rings. The van der Waals surface area contributed by atoms with Gasteiger partial charge in [0.15, 0.2) is 0 Å². The highest BCUT2D eigenvalue weighted by molar-refractivity contribution is 5.54. The average molecular weight is 260 g/mol. The lowest BCUT2D eigenvalue weighted by Crippen LogP contribution is -2.38. The molecule has 0 saturated carbocycles. The molecule has 19 heavy (non-hydrogen) atoms. The number of rotatable bonds is 5. The fourth-order valence-electron chi connectivity index (χ4n) is 2.66. The summed E-state index contributed by atoms with van der Waals surface area (Å²) in [4.78, 5) is 2.56. The number of fused-ring (bicyclic) bond motifs is 1. The average Bonchev–Trinajstić information content (AvgIpc) is 2.61. The van der Waals surface area contributed by atoms with Crippen LogP contribution in [0.15, 0.2) is 24.3 Å². The van der Waals surface area contributed by atoms with E-state index in [-0.39, 0.29) is 0 Å². The molecule has 1 atom stereocenters. The third-order valence-electron chi connectivity index (χ3n) is 4.30. The van der Waals surface area contributed by atoms with Crippen molar-refractivity contribution in [1.29, 1.82) is 0 Å². The predicted molar refractivity (Wildman–Crippen MR) is 83.9 cm³/mol. The van der Waals surface area contributed by atoms with Gasteiger partial charge in [-0.15, -0.1) is 0 Å². The molecule has 0 aliphatic carbocycles. The highest BCUT2D eigenvalue weighted by atomic mass is 15.1. The first kappa shape index (κ1) is 14.4. The summed E-state index contributed by atoms with van der Waals surface area (Å²) < 4.78 is 0. The van der Waals surface area contributed by atoms with E-state index < -0.39 is 0 Å². The number of nitrogens with one attached hydrogen (secondary N) is 1. The Morgan fingerprint density at radius 2 is 1.95 bits per heavy atom. The van der Waals surface area contributed by atoms with E-state index in [1.54, 1.807) is 0 Å². The maximum atomic E-state index is 3.64. The van der Waals surface area contributed by atoms with Crippen LogP contribution in [0.25, 0.3) is 0 Å². The number of hydrogen-bond acceptors (Lipinski definition) is 2. The van der Waals surface area contributed by atoms with Gasteiger partial charge in [-0.2, -0.15) is 0 Å². The molecule has 1 aliphatic heterocycles. The summed E-state index contributed by atoms with van der Waals surface area (Å²) in [6, 6.07) is 9.51. The van der Waals surface area contributed by atoms with Crippen LogP contribution in [0, 0.1) is 5.92 Å². The number of nitrogens with zero attached hydrogens (tertiary/aromatic N) is 1. The van der Waals surface area contributed by atoms with Crippen LogP contribution in [0.4, 0.5) is 5.69 Å². The standard InChI is InChI=1S/C17H28N2/c1-14(2)15(3)18-11-13-19-12-7-6-9-16-8-4-5-10-17(16)19/h4-5,8,10,14-15,18H,6-7,9,11-13H2,1-3H3. The summed E-state index contributed by atoms with van der Waals surface area (Å²) in [6.45, 7) is 10.2. The van der Waals surface area contributed by atoms with Gasteiger partial charge in [-0.1, -0.05) is 32.0 Å². The Balaban J connectivity index is 1.93. The summed E-state index contributed by atoms with van der Waals surface area (Å²) in [7, 11) is 0. The summed E-state index contributed by atoms with van der Waals surface area (Å²) in [5.41, 5.74) is 2.98. The number of hydrogen-bond donors (Lipinski definition) is 1. The summed E-state index contributed by atoms with van der Waals surface area (Å²) in [5.74, 6) is 0.705. The van der Waals surface area contributed by atoms with Gasteiger partial charge in [-0.25, -0.2) is 0 Å². The number of aryl methyl sites for hydroxylation is 1. The van der Waals surface area contributed by atoms with Crippen LogP contribution in [-0.4, -0.2) is 25.7 Å². The van der Waals surface area contributed by atoms with Crippen molar-refractivity contribution in [2.24, 2.45) is 5.92 Å². The van der Waals surface area contributed by atoms with E-state index in [1.807, 2.05) is 0 Å². The molecule has 0 amide bonds. The minimum atomic E-state index is 0.599. The van der Waals surface area contributed by atoms with Gasteiger partial charge >= 0.3 is 0 Å². The van der Waals surface area contributed by atoms with Gasteiger partial charge in [0.05, 0.1) is 0 Å². The maximum absolute atomic E-state index is 3.64. The zero-order chi connectivity index (χ0) is 13.7. The minimum absolute atomic E-state index is 0.599. The normalized spacial score (nSPS) is 17.2. The zero-order valence-electron chi connectivity index (χ0n) is 12.7. The molecule has 2 heteroatoms. The summed E-state index contributed by atoms with van der Waals surface area (Å²) in [6.07, 6.45) is 3.88. The Hall–Kier alpha value is -1.02. The summed E-state index contributed by atoms with van der Waals surface area (Å²) in [5, 5.41) is 3.64. The van der Waals surface area contributed by atoms with Crippen LogP contribution in [0.3, 0.4) is 0 Å². The second kappa shape index (κ2) is 6.95. The predicted octanol–water partition coefficient (Wildman–Crippen LogP) is 3.46. The smallest absolute Gasteiger partial charge is 0.0399 e. The Labute approximate surface area is 118 Å². The van der Waals surface area contributed by atoms with Gasteiger partial charge in [0.1, 0.15) is 0 Å². The lowest BCUT2D eigenvalue weighted by molar-refractivity contribution is 0.429. The highest BCUT2D eigenvalue weighted by Crippen LogP contribution is 2.25. The monoisotopic (exact) mass is 260 g/mol. The van der Waals surface area contributed by atoms with Crippen molar-refractivity contribution >= 4 is 5.69 Å². The third kappa shape index (κ3) is 3.97. The molecule has 0 aromatic heterocycles. The zero-order valence-corrected chi connectivity index (χ0v) is 12.7. The maximum Gasteiger partial charge on any atom is 0.0399 e. The van der Waals surface area contributed by atoms with Crippen molar-refractivity contribution < 1.29 is 0 Å². The molecular weight excluding hydrogens is 232 g/mol. The van der Waals surface area contributed by atoms with Crippen LogP contribution in [0.1, 0.15) is 39.2 Å². The van der Waals surface area contributed by atoms with E-state index in [0.717, 1.165) is 13.1 Å². The van der Waals surface area contributed by atoms with Gasteiger partial charge in [-0.05, 0) is 43.7 Å². The molecule has 0 radical (unpaired) electrons. The van der Waals surface area contributed by atoms with Crippen molar-refractivity contribution in [1.82, 2.24) is 5.32 Å². The fraction of sp³-hybridized carbons (Fsp3) is 0.647. The van der Waals surface area contributed by atoms with Gasteiger partial charge in [-0.3, -0.25) is 0 Å². The Morgan fingerprint density at radius 3 is 2.74 bits per heavy atom. The highest BCUT2D eigenvalue weighted by Gasteiger charge is 2.14. The molecule has 1 unspecified atom stereocenters. The molecule has 1 N–H and O–H groups in total. The third-order valence-corrected chi connectivity index (χ3v) is 4.30.